The molecule has 0 aromatic carbocycles. The van der Waals surface area contributed by atoms with Crippen molar-refractivity contribution in [3.63, 3.8) is 0 Å². The molecule has 0 radical (unpaired) electrons. The van der Waals surface area contributed by atoms with Crippen LogP contribution < -0.4 is 5.32 Å². The second-order valence-electron chi connectivity index (χ2n) is 6.05. The number of hydrogen-bond acceptors (Lipinski definition) is 2. The third kappa shape index (κ3) is 5.31. The zero-order valence-corrected chi connectivity index (χ0v) is 13.0. The highest BCUT2D eigenvalue weighted by Crippen LogP contribution is 2.26. The highest BCUT2D eigenvalue weighted by molar-refractivity contribution is 5.85. The van der Waals surface area contributed by atoms with Gasteiger partial charge in [0.1, 0.15) is 0 Å². The van der Waals surface area contributed by atoms with Crippen LogP contribution in [0.2, 0.25) is 0 Å². The van der Waals surface area contributed by atoms with E-state index in [1.807, 2.05) is 11.9 Å². The van der Waals surface area contributed by atoms with Gasteiger partial charge in [0.2, 0.25) is 5.91 Å². The standard InChI is InChI=1S/C15H28N2O.ClH/c1-17(14-8-10-16-11-9-14)15(18)12-13-6-4-2-3-5-7-13;/h13-14,16H,2-12H2,1H3;1H. The number of carbonyl (C=O) groups excluding carboxylic acids is 1. The molecule has 1 saturated heterocycles. The lowest BCUT2D eigenvalue weighted by atomic mass is 9.95. The van der Waals surface area contributed by atoms with E-state index in [1.165, 1.54) is 38.5 Å². The molecule has 2 aliphatic rings. The monoisotopic (exact) mass is 288 g/mol. The third-order valence-corrected chi connectivity index (χ3v) is 4.69. The molecule has 4 heteroatoms. The summed E-state index contributed by atoms with van der Waals surface area (Å²) in [5.74, 6) is 1.04. The number of halogens is 1. The van der Waals surface area contributed by atoms with Crippen molar-refractivity contribution in [2.75, 3.05) is 20.1 Å². The zero-order valence-electron chi connectivity index (χ0n) is 12.2. The first-order valence-corrected chi connectivity index (χ1v) is 7.74. The molecule has 112 valence electrons. The van der Waals surface area contributed by atoms with Crippen molar-refractivity contribution in [1.82, 2.24) is 10.2 Å². The van der Waals surface area contributed by atoms with E-state index in [-0.39, 0.29) is 12.4 Å². The molecule has 2 fully saturated rings. The van der Waals surface area contributed by atoms with Crippen molar-refractivity contribution in [2.24, 2.45) is 5.92 Å². The van der Waals surface area contributed by atoms with Gasteiger partial charge in [-0.2, -0.15) is 0 Å². The van der Waals surface area contributed by atoms with Crippen molar-refractivity contribution in [1.29, 1.82) is 0 Å². The quantitative estimate of drug-likeness (QED) is 0.810. The summed E-state index contributed by atoms with van der Waals surface area (Å²) in [6, 6.07) is 0.476. The maximum atomic E-state index is 12.3. The van der Waals surface area contributed by atoms with Crippen LogP contribution in [0, 0.1) is 5.92 Å². The first kappa shape index (κ1) is 16.8. The second kappa shape index (κ2) is 8.80. The van der Waals surface area contributed by atoms with E-state index >= 15 is 0 Å². The van der Waals surface area contributed by atoms with Gasteiger partial charge in [0.15, 0.2) is 0 Å². The van der Waals surface area contributed by atoms with Crippen molar-refractivity contribution in [2.45, 2.75) is 63.8 Å². The minimum atomic E-state index is 0. The van der Waals surface area contributed by atoms with Crippen LogP contribution in [-0.4, -0.2) is 37.0 Å². The van der Waals surface area contributed by atoms with Gasteiger partial charge in [0.25, 0.3) is 0 Å². The van der Waals surface area contributed by atoms with E-state index in [0.717, 1.165) is 32.4 Å². The Kier molecular flexibility index (Phi) is 7.77. The maximum Gasteiger partial charge on any atom is 0.222 e. The molecule has 0 aromatic heterocycles. The fourth-order valence-electron chi connectivity index (χ4n) is 3.36. The number of nitrogens with one attached hydrogen (secondary N) is 1. The zero-order chi connectivity index (χ0) is 12.8. The molecule has 1 aliphatic heterocycles. The minimum Gasteiger partial charge on any atom is -0.343 e. The summed E-state index contributed by atoms with van der Waals surface area (Å²) < 4.78 is 0. The van der Waals surface area contributed by atoms with Crippen LogP contribution in [0.4, 0.5) is 0 Å². The summed E-state index contributed by atoms with van der Waals surface area (Å²) in [5.41, 5.74) is 0. The lowest BCUT2D eigenvalue weighted by Crippen LogP contribution is -2.44. The Labute approximate surface area is 123 Å². The molecule has 1 N–H and O–H groups in total. The molecular weight excluding hydrogens is 260 g/mol. The third-order valence-electron chi connectivity index (χ3n) is 4.69. The van der Waals surface area contributed by atoms with E-state index in [0.29, 0.717) is 17.9 Å². The van der Waals surface area contributed by atoms with E-state index in [1.54, 1.807) is 0 Å². The summed E-state index contributed by atoms with van der Waals surface area (Å²) in [4.78, 5) is 14.4. The van der Waals surface area contributed by atoms with Gasteiger partial charge in [0, 0.05) is 19.5 Å². The number of rotatable bonds is 3. The molecule has 1 heterocycles. The Balaban J connectivity index is 0.00000180. The van der Waals surface area contributed by atoms with Gasteiger partial charge < -0.3 is 10.2 Å². The number of nitrogens with zero attached hydrogens (tertiary/aromatic N) is 1. The van der Waals surface area contributed by atoms with Gasteiger partial charge >= 0.3 is 0 Å². The Morgan fingerprint density at radius 3 is 2.21 bits per heavy atom. The average Bonchev–Trinajstić information content (AvgIpc) is 2.67. The van der Waals surface area contributed by atoms with Gasteiger partial charge in [-0.15, -0.1) is 12.4 Å². The summed E-state index contributed by atoms with van der Waals surface area (Å²) in [7, 11) is 2.01. The summed E-state index contributed by atoms with van der Waals surface area (Å²) in [5, 5.41) is 3.36. The second-order valence-corrected chi connectivity index (χ2v) is 6.05. The molecule has 0 aromatic rings. The highest BCUT2D eigenvalue weighted by Gasteiger charge is 2.24. The lowest BCUT2D eigenvalue weighted by molar-refractivity contribution is -0.133. The lowest BCUT2D eigenvalue weighted by Gasteiger charge is -2.32. The predicted molar refractivity (Wildman–Crippen MR) is 81.7 cm³/mol. The summed E-state index contributed by atoms with van der Waals surface area (Å²) >= 11 is 0. The van der Waals surface area contributed by atoms with Gasteiger partial charge in [-0.05, 0) is 44.7 Å². The Hall–Kier alpha value is -0.280. The molecule has 3 nitrogen and oxygen atoms in total. The first-order chi connectivity index (χ1) is 8.77. The fourth-order valence-corrected chi connectivity index (χ4v) is 3.36. The Bertz CT molecular complexity index is 259. The molecule has 19 heavy (non-hydrogen) atoms. The first-order valence-electron chi connectivity index (χ1n) is 7.74. The van der Waals surface area contributed by atoms with Crippen LogP contribution in [0.5, 0.6) is 0 Å². The van der Waals surface area contributed by atoms with Crippen molar-refractivity contribution in [3.8, 4) is 0 Å². The number of amides is 1. The SMILES string of the molecule is CN(C(=O)CC1CCCCCC1)C1CCNCC1.Cl. The highest BCUT2D eigenvalue weighted by atomic mass is 35.5. The van der Waals surface area contributed by atoms with Crippen LogP contribution in [0.15, 0.2) is 0 Å². The minimum absolute atomic E-state index is 0. The molecule has 1 aliphatic carbocycles. The summed E-state index contributed by atoms with van der Waals surface area (Å²) in [6.45, 7) is 2.12. The molecule has 1 saturated carbocycles. The average molecular weight is 289 g/mol. The van der Waals surface area contributed by atoms with Crippen LogP contribution >= 0.6 is 12.4 Å². The normalized spacial score (nSPS) is 22.4. The van der Waals surface area contributed by atoms with Crippen molar-refractivity contribution in [3.05, 3.63) is 0 Å². The van der Waals surface area contributed by atoms with E-state index in [2.05, 4.69) is 5.32 Å². The van der Waals surface area contributed by atoms with Crippen LogP contribution in [0.1, 0.15) is 57.8 Å². The molecule has 1 amide bonds. The molecular formula is C15H29ClN2O. The van der Waals surface area contributed by atoms with E-state index < -0.39 is 0 Å². The van der Waals surface area contributed by atoms with E-state index in [9.17, 15) is 4.79 Å². The summed E-state index contributed by atoms with van der Waals surface area (Å²) in [6.07, 6.45) is 11.0. The molecule has 0 atom stereocenters. The topological polar surface area (TPSA) is 32.3 Å². The fraction of sp³-hybridized carbons (Fsp3) is 0.933. The predicted octanol–water partition coefficient (Wildman–Crippen LogP) is 2.98. The van der Waals surface area contributed by atoms with Gasteiger partial charge in [-0.1, -0.05) is 25.7 Å². The number of piperidine rings is 1. The molecule has 0 bridgehead atoms. The molecule has 2 rings (SSSR count). The number of hydrogen-bond donors (Lipinski definition) is 1. The smallest absolute Gasteiger partial charge is 0.222 e. The maximum absolute atomic E-state index is 12.3. The van der Waals surface area contributed by atoms with Gasteiger partial charge in [0.05, 0.1) is 0 Å². The van der Waals surface area contributed by atoms with Crippen LogP contribution in [-0.2, 0) is 4.79 Å². The Morgan fingerprint density at radius 1 is 1.05 bits per heavy atom. The number of carbonyl (C=O) groups is 1. The van der Waals surface area contributed by atoms with Gasteiger partial charge in [-0.3, -0.25) is 4.79 Å². The molecule has 0 unspecified atom stereocenters. The van der Waals surface area contributed by atoms with Crippen molar-refractivity contribution < 1.29 is 4.79 Å². The van der Waals surface area contributed by atoms with E-state index in [4.69, 9.17) is 0 Å². The van der Waals surface area contributed by atoms with Crippen LogP contribution in [0.3, 0.4) is 0 Å². The van der Waals surface area contributed by atoms with Crippen LogP contribution in [0.25, 0.3) is 0 Å². The Morgan fingerprint density at radius 2 is 1.63 bits per heavy atom. The largest absolute Gasteiger partial charge is 0.343 e. The molecule has 0 spiro atoms. The van der Waals surface area contributed by atoms with Gasteiger partial charge in [-0.25, -0.2) is 0 Å². The van der Waals surface area contributed by atoms with Crippen molar-refractivity contribution >= 4 is 18.3 Å².